The first-order valence-electron chi connectivity index (χ1n) is 7.52. The van der Waals surface area contributed by atoms with E-state index in [0.717, 1.165) is 22.7 Å². The number of hydrogen-bond donors (Lipinski definition) is 2. The lowest BCUT2D eigenvalue weighted by Gasteiger charge is -2.18. The lowest BCUT2D eigenvalue weighted by atomic mass is 9.88. The van der Waals surface area contributed by atoms with Gasteiger partial charge in [0.2, 0.25) is 5.91 Å². The second kappa shape index (κ2) is 6.95. The van der Waals surface area contributed by atoms with E-state index in [1.165, 1.54) is 0 Å². The highest BCUT2D eigenvalue weighted by Crippen LogP contribution is 2.29. The molecule has 1 amide bonds. The molecule has 22 heavy (non-hydrogen) atoms. The summed E-state index contributed by atoms with van der Waals surface area (Å²) in [4.78, 5) is 12.5. The second-order valence-electron chi connectivity index (χ2n) is 5.63. The van der Waals surface area contributed by atoms with E-state index in [1.54, 1.807) is 0 Å². The van der Waals surface area contributed by atoms with E-state index < -0.39 is 0 Å². The molecule has 1 saturated heterocycles. The van der Waals surface area contributed by atoms with Crippen molar-refractivity contribution in [2.24, 2.45) is 5.92 Å². The zero-order chi connectivity index (χ0) is 15.4. The van der Waals surface area contributed by atoms with Crippen LogP contribution in [-0.4, -0.2) is 19.0 Å². The fourth-order valence-electron chi connectivity index (χ4n) is 2.93. The molecule has 4 heteroatoms. The lowest BCUT2D eigenvalue weighted by Crippen LogP contribution is -2.34. The Morgan fingerprint density at radius 1 is 1.09 bits per heavy atom. The first-order chi connectivity index (χ1) is 10.7. The second-order valence-corrected chi connectivity index (χ2v) is 6.06. The average molecular weight is 315 g/mol. The van der Waals surface area contributed by atoms with Gasteiger partial charge in [0.15, 0.2) is 0 Å². The Morgan fingerprint density at radius 2 is 1.82 bits per heavy atom. The first kappa shape index (κ1) is 15.1. The summed E-state index contributed by atoms with van der Waals surface area (Å²) in [7, 11) is 0. The van der Waals surface area contributed by atoms with Gasteiger partial charge in [-0.25, -0.2) is 0 Å². The summed E-state index contributed by atoms with van der Waals surface area (Å²) in [6.07, 6.45) is 0. The Hall–Kier alpha value is -1.84. The van der Waals surface area contributed by atoms with Crippen molar-refractivity contribution in [1.29, 1.82) is 0 Å². The predicted molar refractivity (Wildman–Crippen MR) is 88.8 cm³/mol. The third-order valence-electron chi connectivity index (χ3n) is 4.16. The quantitative estimate of drug-likeness (QED) is 0.911. The summed E-state index contributed by atoms with van der Waals surface area (Å²) in [5.41, 5.74) is 2.28. The lowest BCUT2D eigenvalue weighted by molar-refractivity contribution is -0.125. The third kappa shape index (κ3) is 3.49. The van der Waals surface area contributed by atoms with Crippen LogP contribution in [0.2, 0.25) is 5.02 Å². The number of benzene rings is 2. The van der Waals surface area contributed by atoms with Gasteiger partial charge in [-0.3, -0.25) is 4.79 Å². The molecular formula is C18H19ClN2O. The molecule has 0 bridgehead atoms. The van der Waals surface area contributed by atoms with Gasteiger partial charge in [0, 0.05) is 30.6 Å². The zero-order valence-electron chi connectivity index (χ0n) is 12.3. The maximum absolute atomic E-state index is 12.5. The standard InChI is InChI=1S/C18H19ClN2O/c19-15-8-6-14(7-9-15)16-11-20-12-17(16)18(22)21-10-13-4-2-1-3-5-13/h1-9,16-17,20H,10-12H2,(H,21,22)/t16-,17+/m0/s1. The molecule has 2 N–H and O–H groups in total. The molecule has 3 rings (SSSR count). The van der Waals surface area contributed by atoms with Crippen LogP contribution in [0.15, 0.2) is 54.6 Å². The predicted octanol–water partition coefficient (Wildman–Crippen LogP) is 2.96. The molecule has 114 valence electrons. The van der Waals surface area contributed by atoms with Crippen LogP contribution in [0.1, 0.15) is 17.0 Å². The van der Waals surface area contributed by atoms with Crippen molar-refractivity contribution >= 4 is 17.5 Å². The van der Waals surface area contributed by atoms with Crippen LogP contribution in [0, 0.1) is 5.92 Å². The molecule has 1 heterocycles. The van der Waals surface area contributed by atoms with Crippen molar-refractivity contribution in [2.75, 3.05) is 13.1 Å². The van der Waals surface area contributed by atoms with Gasteiger partial charge < -0.3 is 10.6 Å². The van der Waals surface area contributed by atoms with Crippen molar-refractivity contribution in [1.82, 2.24) is 10.6 Å². The summed E-state index contributed by atoms with van der Waals surface area (Å²) in [6, 6.07) is 17.8. The fraction of sp³-hybridized carbons (Fsp3) is 0.278. The van der Waals surface area contributed by atoms with E-state index in [-0.39, 0.29) is 17.7 Å². The van der Waals surface area contributed by atoms with Crippen LogP contribution in [0.5, 0.6) is 0 Å². The van der Waals surface area contributed by atoms with Gasteiger partial charge >= 0.3 is 0 Å². The highest BCUT2D eigenvalue weighted by Gasteiger charge is 2.33. The minimum absolute atomic E-state index is 0.0371. The van der Waals surface area contributed by atoms with E-state index in [0.29, 0.717) is 13.1 Å². The number of rotatable bonds is 4. The maximum Gasteiger partial charge on any atom is 0.225 e. The van der Waals surface area contributed by atoms with Gasteiger partial charge in [-0.2, -0.15) is 0 Å². The van der Waals surface area contributed by atoms with Crippen LogP contribution in [-0.2, 0) is 11.3 Å². The van der Waals surface area contributed by atoms with Crippen molar-refractivity contribution in [3.05, 3.63) is 70.7 Å². The third-order valence-corrected chi connectivity index (χ3v) is 4.41. The SMILES string of the molecule is O=C(NCc1ccccc1)[C@@H]1CNC[C@H]1c1ccc(Cl)cc1. The van der Waals surface area contributed by atoms with E-state index >= 15 is 0 Å². The molecule has 0 unspecified atom stereocenters. The molecule has 1 aliphatic rings. The molecule has 0 saturated carbocycles. The van der Waals surface area contributed by atoms with Crippen molar-refractivity contribution in [3.8, 4) is 0 Å². The number of amides is 1. The van der Waals surface area contributed by atoms with Gasteiger partial charge in [-0.15, -0.1) is 0 Å². The minimum atomic E-state index is -0.0371. The molecule has 1 aliphatic heterocycles. The van der Waals surface area contributed by atoms with Gasteiger partial charge in [-0.1, -0.05) is 54.1 Å². The topological polar surface area (TPSA) is 41.1 Å². The van der Waals surface area contributed by atoms with Crippen molar-refractivity contribution < 1.29 is 4.79 Å². The smallest absolute Gasteiger partial charge is 0.225 e. The summed E-state index contributed by atoms with van der Waals surface area (Å²) in [5.74, 6) is 0.270. The highest BCUT2D eigenvalue weighted by molar-refractivity contribution is 6.30. The van der Waals surface area contributed by atoms with Gasteiger partial charge in [0.05, 0.1) is 5.92 Å². The molecule has 0 spiro atoms. The Morgan fingerprint density at radius 3 is 2.55 bits per heavy atom. The Kier molecular flexibility index (Phi) is 4.76. The molecule has 2 aromatic rings. The van der Waals surface area contributed by atoms with Crippen LogP contribution in [0.3, 0.4) is 0 Å². The first-order valence-corrected chi connectivity index (χ1v) is 7.89. The average Bonchev–Trinajstić information content (AvgIpc) is 3.04. The van der Waals surface area contributed by atoms with Gasteiger partial charge in [-0.05, 0) is 23.3 Å². The fourth-order valence-corrected chi connectivity index (χ4v) is 3.06. The van der Waals surface area contributed by atoms with E-state index in [2.05, 4.69) is 10.6 Å². The van der Waals surface area contributed by atoms with Crippen molar-refractivity contribution in [3.63, 3.8) is 0 Å². The molecule has 0 aromatic heterocycles. The Balaban J connectivity index is 1.65. The molecule has 2 atom stereocenters. The molecule has 0 radical (unpaired) electrons. The molecule has 1 fully saturated rings. The summed E-state index contributed by atoms with van der Waals surface area (Å²) < 4.78 is 0. The van der Waals surface area contributed by atoms with E-state index in [4.69, 9.17) is 11.6 Å². The summed E-state index contributed by atoms with van der Waals surface area (Å²) in [5, 5.41) is 7.09. The summed E-state index contributed by atoms with van der Waals surface area (Å²) >= 11 is 5.94. The monoisotopic (exact) mass is 314 g/mol. The zero-order valence-corrected chi connectivity index (χ0v) is 13.0. The van der Waals surface area contributed by atoms with E-state index in [9.17, 15) is 4.79 Å². The van der Waals surface area contributed by atoms with Gasteiger partial charge in [0.25, 0.3) is 0 Å². The largest absolute Gasteiger partial charge is 0.352 e. The Labute approximate surface area is 135 Å². The number of carbonyl (C=O) groups is 1. The number of nitrogens with one attached hydrogen (secondary N) is 2. The minimum Gasteiger partial charge on any atom is -0.352 e. The van der Waals surface area contributed by atoms with Crippen LogP contribution < -0.4 is 10.6 Å². The number of carbonyl (C=O) groups excluding carboxylic acids is 1. The molecule has 3 nitrogen and oxygen atoms in total. The highest BCUT2D eigenvalue weighted by atomic mass is 35.5. The summed E-state index contributed by atoms with van der Waals surface area (Å²) in [6.45, 7) is 2.11. The Bertz CT molecular complexity index is 627. The van der Waals surface area contributed by atoms with Crippen molar-refractivity contribution in [2.45, 2.75) is 12.5 Å². The number of hydrogen-bond acceptors (Lipinski definition) is 2. The van der Waals surface area contributed by atoms with Crippen LogP contribution in [0.4, 0.5) is 0 Å². The van der Waals surface area contributed by atoms with Crippen LogP contribution >= 0.6 is 11.6 Å². The molecule has 0 aliphatic carbocycles. The normalized spacial score (nSPS) is 20.8. The maximum atomic E-state index is 12.5. The van der Waals surface area contributed by atoms with E-state index in [1.807, 2.05) is 54.6 Å². The number of halogens is 1. The molecular weight excluding hydrogens is 296 g/mol. The van der Waals surface area contributed by atoms with Crippen LogP contribution in [0.25, 0.3) is 0 Å². The van der Waals surface area contributed by atoms with Gasteiger partial charge in [0.1, 0.15) is 0 Å². The molecule has 2 aromatic carbocycles.